The van der Waals surface area contributed by atoms with E-state index in [2.05, 4.69) is 43.9 Å². The third-order valence-electron chi connectivity index (χ3n) is 2.99. The molecule has 1 aromatic rings. The van der Waals surface area contributed by atoms with Gasteiger partial charge >= 0.3 is 0 Å². The van der Waals surface area contributed by atoms with E-state index in [9.17, 15) is 5.11 Å². The van der Waals surface area contributed by atoms with Crippen LogP contribution in [0.2, 0.25) is 0 Å². The Bertz CT molecular complexity index is 267. The highest BCUT2D eigenvalue weighted by Crippen LogP contribution is 2.31. The van der Waals surface area contributed by atoms with Gasteiger partial charge in [0.25, 0.3) is 0 Å². The van der Waals surface area contributed by atoms with Crippen molar-refractivity contribution in [2.75, 3.05) is 20.7 Å². The van der Waals surface area contributed by atoms with Crippen LogP contribution in [0.5, 0.6) is 0 Å². The number of nitrogens with zero attached hydrogens (tertiary/aromatic N) is 1. The van der Waals surface area contributed by atoms with Crippen molar-refractivity contribution in [3.05, 3.63) is 24.0 Å². The molecule has 1 rings (SSSR count). The van der Waals surface area contributed by atoms with Gasteiger partial charge in [-0.25, -0.2) is 0 Å². The molecule has 0 aromatic carbocycles. The second-order valence-corrected chi connectivity index (χ2v) is 4.64. The highest BCUT2D eigenvalue weighted by molar-refractivity contribution is 5.15. The van der Waals surface area contributed by atoms with Gasteiger partial charge in [0, 0.05) is 31.0 Å². The van der Waals surface area contributed by atoms with E-state index in [0.717, 1.165) is 0 Å². The number of aromatic nitrogens is 1. The van der Waals surface area contributed by atoms with E-state index in [4.69, 9.17) is 0 Å². The normalized spacial score (nSPS) is 15.9. The molecule has 0 amide bonds. The Kier molecular flexibility index (Phi) is 4.36. The molecule has 0 saturated carbocycles. The van der Waals surface area contributed by atoms with Crippen LogP contribution in [0, 0.1) is 11.8 Å². The summed E-state index contributed by atoms with van der Waals surface area (Å²) in [5, 5.41) is 9.48. The van der Waals surface area contributed by atoms with Crippen LogP contribution in [0.4, 0.5) is 0 Å². The first-order chi connectivity index (χ1) is 7.07. The molecule has 2 unspecified atom stereocenters. The maximum atomic E-state index is 9.48. The van der Waals surface area contributed by atoms with Gasteiger partial charge in [-0.15, -0.1) is 0 Å². The molecule has 0 fully saturated rings. The number of aliphatic hydroxyl groups is 1. The van der Waals surface area contributed by atoms with Crippen molar-refractivity contribution < 1.29 is 5.11 Å². The minimum Gasteiger partial charge on any atom is -0.396 e. The zero-order valence-corrected chi connectivity index (χ0v) is 10.1. The van der Waals surface area contributed by atoms with Gasteiger partial charge < -0.3 is 15.0 Å². The van der Waals surface area contributed by atoms with Crippen LogP contribution in [0.1, 0.15) is 25.5 Å². The molecule has 3 heteroatoms. The van der Waals surface area contributed by atoms with E-state index in [1.807, 2.05) is 12.4 Å². The molecule has 0 aliphatic heterocycles. The van der Waals surface area contributed by atoms with Crippen molar-refractivity contribution in [2.24, 2.45) is 11.8 Å². The Morgan fingerprint density at radius 3 is 2.40 bits per heavy atom. The van der Waals surface area contributed by atoms with Crippen molar-refractivity contribution in [1.82, 2.24) is 9.88 Å². The summed E-state index contributed by atoms with van der Waals surface area (Å²) >= 11 is 0. The maximum absolute atomic E-state index is 9.48. The van der Waals surface area contributed by atoms with E-state index in [-0.39, 0.29) is 18.6 Å². The molecule has 0 radical (unpaired) electrons. The van der Waals surface area contributed by atoms with Crippen LogP contribution in [0.15, 0.2) is 18.5 Å². The van der Waals surface area contributed by atoms with Crippen LogP contribution in [-0.2, 0) is 0 Å². The summed E-state index contributed by atoms with van der Waals surface area (Å²) in [7, 11) is 4.12. The van der Waals surface area contributed by atoms with Crippen molar-refractivity contribution in [3.63, 3.8) is 0 Å². The maximum Gasteiger partial charge on any atom is 0.0480 e. The van der Waals surface area contributed by atoms with E-state index in [1.165, 1.54) is 5.56 Å². The first-order valence-corrected chi connectivity index (χ1v) is 5.48. The van der Waals surface area contributed by atoms with Gasteiger partial charge in [-0.1, -0.05) is 13.8 Å². The van der Waals surface area contributed by atoms with Crippen LogP contribution >= 0.6 is 0 Å². The summed E-state index contributed by atoms with van der Waals surface area (Å²) in [5.41, 5.74) is 1.24. The van der Waals surface area contributed by atoms with Crippen molar-refractivity contribution >= 4 is 0 Å². The third-order valence-corrected chi connectivity index (χ3v) is 2.99. The Morgan fingerprint density at radius 2 is 2.07 bits per heavy atom. The number of aromatic amines is 1. The van der Waals surface area contributed by atoms with Gasteiger partial charge in [-0.3, -0.25) is 0 Å². The van der Waals surface area contributed by atoms with E-state index in [0.29, 0.717) is 5.92 Å². The molecule has 2 N–H and O–H groups in total. The Balaban J connectivity index is 2.91. The Hall–Kier alpha value is -0.800. The first-order valence-electron chi connectivity index (χ1n) is 5.48. The molecular weight excluding hydrogens is 188 g/mol. The zero-order valence-electron chi connectivity index (χ0n) is 10.1. The van der Waals surface area contributed by atoms with E-state index < -0.39 is 0 Å². The number of hydrogen-bond acceptors (Lipinski definition) is 2. The lowest BCUT2D eigenvalue weighted by Gasteiger charge is -2.33. The molecule has 1 heterocycles. The summed E-state index contributed by atoms with van der Waals surface area (Å²) in [6, 6.07) is 2.36. The van der Waals surface area contributed by atoms with Gasteiger partial charge in [-0.2, -0.15) is 0 Å². The first kappa shape index (κ1) is 12.3. The fraction of sp³-hybridized carbons (Fsp3) is 0.667. The van der Waals surface area contributed by atoms with Gasteiger partial charge in [0.1, 0.15) is 0 Å². The summed E-state index contributed by atoms with van der Waals surface area (Å²) in [6.45, 7) is 4.54. The summed E-state index contributed by atoms with van der Waals surface area (Å²) in [6.07, 6.45) is 3.94. The topological polar surface area (TPSA) is 39.3 Å². The predicted octanol–water partition coefficient (Wildman–Crippen LogP) is 1.88. The van der Waals surface area contributed by atoms with Crippen LogP contribution < -0.4 is 0 Å². The Labute approximate surface area is 92.1 Å². The van der Waals surface area contributed by atoms with E-state index >= 15 is 0 Å². The van der Waals surface area contributed by atoms with Crippen LogP contribution in [0.3, 0.4) is 0 Å². The molecular formula is C12H22N2O. The van der Waals surface area contributed by atoms with Crippen molar-refractivity contribution in [3.8, 4) is 0 Å². The van der Waals surface area contributed by atoms with E-state index in [1.54, 1.807) is 0 Å². The molecule has 1 aromatic heterocycles. The summed E-state index contributed by atoms with van der Waals surface area (Å²) in [4.78, 5) is 5.25. The SMILES string of the molecule is CC(C)C(CO)C(c1cc[nH]c1)N(C)C. The second-order valence-electron chi connectivity index (χ2n) is 4.64. The second kappa shape index (κ2) is 5.33. The van der Waals surface area contributed by atoms with Gasteiger partial charge in [0.2, 0.25) is 0 Å². The molecule has 2 atom stereocenters. The van der Waals surface area contributed by atoms with Gasteiger partial charge in [-0.05, 0) is 31.6 Å². The number of hydrogen-bond donors (Lipinski definition) is 2. The fourth-order valence-electron chi connectivity index (χ4n) is 2.12. The quantitative estimate of drug-likeness (QED) is 0.779. The van der Waals surface area contributed by atoms with Gasteiger partial charge in [0.15, 0.2) is 0 Å². The number of H-pyrrole nitrogens is 1. The average molecular weight is 210 g/mol. The molecule has 86 valence electrons. The van der Waals surface area contributed by atoms with Crippen molar-refractivity contribution in [2.45, 2.75) is 19.9 Å². The summed E-state index contributed by atoms with van der Waals surface area (Å²) < 4.78 is 0. The average Bonchev–Trinajstić information content (AvgIpc) is 2.64. The van der Waals surface area contributed by atoms with Gasteiger partial charge in [0.05, 0.1) is 0 Å². The predicted molar refractivity (Wildman–Crippen MR) is 62.6 cm³/mol. The molecule has 0 bridgehead atoms. The van der Waals surface area contributed by atoms with Crippen LogP contribution in [0.25, 0.3) is 0 Å². The molecule has 15 heavy (non-hydrogen) atoms. The van der Waals surface area contributed by atoms with Crippen molar-refractivity contribution in [1.29, 1.82) is 0 Å². The third kappa shape index (κ3) is 2.83. The number of nitrogens with one attached hydrogen (secondary N) is 1. The lowest BCUT2D eigenvalue weighted by molar-refractivity contribution is 0.100. The smallest absolute Gasteiger partial charge is 0.0480 e. The zero-order chi connectivity index (χ0) is 11.4. The minimum absolute atomic E-state index is 0.228. The minimum atomic E-state index is 0.228. The molecule has 0 aliphatic carbocycles. The lowest BCUT2D eigenvalue weighted by atomic mass is 9.85. The fourth-order valence-corrected chi connectivity index (χ4v) is 2.12. The molecule has 0 saturated heterocycles. The number of aliphatic hydroxyl groups excluding tert-OH is 1. The highest BCUT2D eigenvalue weighted by Gasteiger charge is 2.27. The largest absolute Gasteiger partial charge is 0.396 e. The molecule has 3 nitrogen and oxygen atoms in total. The number of rotatable bonds is 5. The molecule has 0 spiro atoms. The highest BCUT2D eigenvalue weighted by atomic mass is 16.3. The Morgan fingerprint density at radius 1 is 1.40 bits per heavy atom. The van der Waals surface area contributed by atoms with Crippen LogP contribution in [-0.4, -0.2) is 35.7 Å². The summed E-state index contributed by atoms with van der Waals surface area (Å²) in [5.74, 6) is 0.744. The molecule has 0 aliphatic rings. The lowest BCUT2D eigenvalue weighted by Crippen LogP contribution is -2.32. The monoisotopic (exact) mass is 210 g/mol. The standard InChI is InChI=1S/C12H22N2O/c1-9(2)11(8-15)12(14(3)4)10-5-6-13-7-10/h5-7,9,11-13,15H,8H2,1-4H3.